The van der Waals surface area contributed by atoms with Gasteiger partial charge in [0.15, 0.2) is 0 Å². The summed E-state index contributed by atoms with van der Waals surface area (Å²) >= 11 is 0. The summed E-state index contributed by atoms with van der Waals surface area (Å²) in [6.07, 6.45) is 4.41. The SMILES string of the molecule is c1ccc2c(c1)CNCC(CC1CC1)O2. The summed E-state index contributed by atoms with van der Waals surface area (Å²) in [7, 11) is 0. The Morgan fingerprint density at radius 3 is 3.00 bits per heavy atom. The van der Waals surface area contributed by atoms with E-state index < -0.39 is 0 Å². The molecule has 1 heterocycles. The summed E-state index contributed by atoms with van der Waals surface area (Å²) in [5.41, 5.74) is 1.29. The molecule has 0 spiro atoms. The van der Waals surface area contributed by atoms with Crippen LogP contribution in [0.5, 0.6) is 5.75 Å². The van der Waals surface area contributed by atoms with E-state index in [4.69, 9.17) is 4.74 Å². The lowest BCUT2D eigenvalue weighted by molar-refractivity contribution is 0.188. The number of hydrogen-bond acceptors (Lipinski definition) is 2. The molecule has 0 amide bonds. The van der Waals surface area contributed by atoms with E-state index in [1.54, 1.807) is 0 Å². The number of fused-ring (bicyclic) bond motifs is 1. The fraction of sp³-hybridized carbons (Fsp3) is 0.538. The first kappa shape index (κ1) is 9.22. The smallest absolute Gasteiger partial charge is 0.124 e. The monoisotopic (exact) mass is 203 g/mol. The summed E-state index contributed by atoms with van der Waals surface area (Å²) in [6.45, 7) is 1.93. The first-order valence-corrected chi connectivity index (χ1v) is 5.87. The van der Waals surface area contributed by atoms with E-state index >= 15 is 0 Å². The van der Waals surface area contributed by atoms with Gasteiger partial charge in [-0.2, -0.15) is 0 Å². The highest BCUT2D eigenvalue weighted by Gasteiger charge is 2.27. The predicted octanol–water partition coefficient (Wildman–Crippen LogP) is 2.34. The Morgan fingerprint density at radius 1 is 1.27 bits per heavy atom. The number of para-hydroxylation sites is 1. The van der Waals surface area contributed by atoms with Gasteiger partial charge in [-0.25, -0.2) is 0 Å². The van der Waals surface area contributed by atoms with Crippen LogP contribution in [0, 0.1) is 5.92 Å². The molecule has 0 aromatic heterocycles. The van der Waals surface area contributed by atoms with Crippen LogP contribution in [0.25, 0.3) is 0 Å². The summed E-state index contributed by atoms with van der Waals surface area (Å²) in [5.74, 6) is 2.01. The first-order chi connectivity index (χ1) is 7.42. The van der Waals surface area contributed by atoms with Crippen LogP contribution in [-0.2, 0) is 6.54 Å². The predicted molar refractivity (Wildman–Crippen MR) is 59.9 cm³/mol. The highest BCUT2D eigenvalue weighted by molar-refractivity contribution is 5.34. The minimum absolute atomic E-state index is 0.376. The Kier molecular flexibility index (Phi) is 2.37. The van der Waals surface area contributed by atoms with E-state index in [0.29, 0.717) is 6.10 Å². The zero-order valence-corrected chi connectivity index (χ0v) is 8.91. The fourth-order valence-electron chi connectivity index (χ4n) is 2.21. The maximum absolute atomic E-state index is 6.05. The molecular formula is C13H17NO. The molecule has 80 valence electrons. The van der Waals surface area contributed by atoms with Gasteiger partial charge in [0.05, 0.1) is 0 Å². The van der Waals surface area contributed by atoms with Crippen molar-refractivity contribution in [3.8, 4) is 5.75 Å². The second-order valence-corrected chi connectivity index (χ2v) is 4.66. The normalized spacial score (nSPS) is 25.2. The van der Waals surface area contributed by atoms with Crippen LogP contribution < -0.4 is 10.1 Å². The number of rotatable bonds is 2. The van der Waals surface area contributed by atoms with Gasteiger partial charge in [-0.15, -0.1) is 0 Å². The molecule has 3 rings (SSSR count). The summed E-state index contributed by atoms with van der Waals surface area (Å²) in [5, 5.41) is 3.46. The molecule has 2 aliphatic rings. The number of nitrogens with one attached hydrogen (secondary N) is 1. The third-order valence-corrected chi connectivity index (χ3v) is 3.25. The van der Waals surface area contributed by atoms with Crippen LogP contribution in [-0.4, -0.2) is 12.6 Å². The summed E-state index contributed by atoms with van der Waals surface area (Å²) in [4.78, 5) is 0. The lowest BCUT2D eigenvalue weighted by atomic mass is 10.2. The standard InChI is InChI=1S/C13H17NO/c1-2-4-13-11(3-1)8-14-9-12(15-13)7-10-5-6-10/h1-4,10,12,14H,5-9H2. The van der Waals surface area contributed by atoms with Gasteiger partial charge >= 0.3 is 0 Å². The zero-order valence-electron chi connectivity index (χ0n) is 8.91. The van der Waals surface area contributed by atoms with Crippen LogP contribution in [0.3, 0.4) is 0 Å². The Hall–Kier alpha value is -1.02. The van der Waals surface area contributed by atoms with Gasteiger partial charge in [-0.05, 0) is 18.4 Å². The van der Waals surface area contributed by atoms with E-state index in [-0.39, 0.29) is 0 Å². The van der Waals surface area contributed by atoms with Crippen molar-refractivity contribution < 1.29 is 4.74 Å². The van der Waals surface area contributed by atoms with Gasteiger partial charge in [0.25, 0.3) is 0 Å². The molecule has 1 aliphatic carbocycles. The van der Waals surface area contributed by atoms with E-state index in [9.17, 15) is 0 Å². The second kappa shape index (κ2) is 3.86. The molecule has 1 saturated carbocycles. The Bertz CT molecular complexity index is 346. The van der Waals surface area contributed by atoms with Gasteiger partial charge in [0, 0.05) is 18.7 Å². The lowest BCUT2D eigenvalue weighted by Crippen LogP contribution is -2.28. The molecule has 1 aromatic rings. The van der Waals surface area contributed by atoms with Crippen molar-refractivity contribution in [3.05, 3.63) is 29.8 Å². The summed E-state index contributed by atoms with van der Waals surface area (Å²) in [6, 6.07) is 8.35. The molecule has 1 N–H and O–H groups in total. The zero-order chi connectivity index (χ0) is 10.1. The quantitative estimate of drug-likeness (QED) is 0.796. The largest absolute Gasteiger partial charge is 0.489 e. The van der Waals surface area contributed by atoms with Crippen LogP contribution in [0.2, 0.25) is 0 Å². The topological polar surface area (TPSA) is 21.3 Å². The fourth-order valence-corrected chi connectivity index (χ4v) is 2.21. The van der Waals surface area contributed by atoms with Crippen molar-refractivity contribution in [1.82, 2.24) is 5.32 Å². The van der Waals surface area contributed by atoms with E-state index in [1.165, 1.54) is 24.8 Å². The van der Waals surface area contributed by atoms with Gasteiger partial charge in [0.2, 0.25) is 0 Å². The van der Waals surface area contributed by atoms with Gasteiger partial charge in [-0.3, -0.25) is 0 Å². The van der Waals surface area contributed by atoms with E-state index in [1.807, 2.05) is 0 Å². The maximum atomic E-state index is 6.05. The van der Waals surface area contributed by atoms with Crippen LogP contribution >= 0.6 is 0 Å². The summed E-state index contributed by atoms with van der Waals surface area (Å²) < 4.78 is 6.05. The Balaban J connectivity index is 1.74. The average molecular weight is 203 g/mol. The molecular weight excluding hydrogens is 186 g/mol. The average Bonchev–Trinajstić information content (AvgIpc) is 3.04. The molecule has 2 heteroatoms. The highest BCUT2D eigenvalue weighted by Crippen LogP contribution is 2.35. The van der Waals surface area contributed by atoms with Crippen molar-refractivity contribution in [2.45, 2.75) is 31.9 Å². The maximum Gasteiger partial charge on any atom is 0.124 e. The first-order valence-electron chi connectivity index (χ1n) is 5.87. The van der Waals surface area contributed by atoms with Gasteiger partial charge in [-0.1, -0.05) is 31.0 Å². The third-order valence-electron chi connectivity index (χ3n) is 3.25. The highest BCUT2D eigenvalue weighted by atomic mass is 16.5. The minimum atomic E-state index is 0.376. The Labute approximate surface area is 90.6 Å². The molecule has 15 heavy (non-hydrogen) atoms. The van der Waals surface area contributed by atoms with Crippen molar-refractivity contribution in [2.24, 2.45) is 5.92 Å². The van der Waals surface area contributed by atoms with Crippen molar-refractivity contribution in [1.29, 1.82) is 0 Å². The molecule has 0 bridgehead atoms. The van der Waals surface area contributed by atoms with Crippen molar-refractivity contribution in [3.63, 3.8) is 0 Å². The number of ether oxygens (including phenoxy) is 1. The molecule has 2 nitrogen and oxygen atoms in total. The molecule has 1 aromatic carbocycles. The molecule has 0 saturated heterocycles. The van der Waals surface area contributed by atoms with Crippen molar-refractivity contribution >= 4 is 0 Å². The lowest BCUT2D eigenvalue weighted by Gasteiger charge is -2.16. The molecule has 1 unspecified atom stereocenters. The molecule has 0 radical (unpaired) electrons. The van der Waals surface area contributed by atoms with Crippen LogP contribution in [0.15, 0.2) is 24.3 Å². The number of benzene rings is 1. The third kappa shape index (κ3) is 2.15. The molecule has 1 fully saturated rings. The molecule has 1 atom stereocenters. The molecule has 1 aliphatic heterocycles. The van der Waals surface area contributed by atoms with E-state index in [0.717, 1.165) is 24.8 Å². The van der Waals surface area contributed by atoms with E-state index in [2.05, 4.69) is 29.6 Å². The number of hydrogen-bond donors (Lipinski definition) is 1. The van der Waals surface area contributed by atoms with Crippen LogP contribution in [0.4, 0.5) is 0 Å². The van der Waals surface area contributed by atoms with Gasteiger partial charge < -0.3 is 10.1 Å². The minimum Gasteiger partial charge on any atom is -0.489 e. The van der Waals surface area contributed by atoms with Crippen LogP contribution in [0.1, 0.15) is 24.8 Å². The second-order valence-electron chi connectivity index (χ2n) is 4.66. The Morgan fingerprint density at radius 2 is 2.13 bits per heavy atom. The van der Waals surface area contributed by atoms with Crippen molar-refractivity contribution in [2.75, 3.05) is 6.54 Å². The van der Waals surface area contributed by atoms with Gasteiger partial charge in [0.1, 0.15) is 11.9 Å².